The van der Waals surface area contributed by atoms with E-state index in [4.69, 9.17) is 9.47 Å². The van der Waals surface area contributed by atoms with Crippen LogP contribution < -0.4 is 14.9 Å². The number of hydrogen-bond donors (Lipinski definition) is 1. The summed E-state index contributed by atoms with van der Waals surface area (Å²) < 4.78 is 11.8. The third kappa shape index (κ3) is 6.39. The predicted molar refractivity (Wildman–Crippen MR) is 124 cm³/mol. The zero-order chi connectivity index (χ0) is 22.9. The summed E-state index contributed by atoms with van der Waals surface area (Å²) in [5, 5.41) is 14.7. The SMILES string of the molecule is CCOc1ccc(C(=O)N/N=C\c2ccc(OCc3ccc([N+](=O)[O-])cc3)c(Br)c2)cc1. The molecule has 0 atom stereocenters. The van der Waals surface area contributed by atoms with E-state index in [-0.39, 0.29) is 18.2 Å². The molecule has 0 heterocycles. The number of nitro benzene ring substituents is 1. The van der Waals surface area contributed by atoms with Crippen LogP contribution in [0.5, 0.6) is 11.5 Å². The van der Waals surface area contributed by atoms with Crippen molar-refractivity contribution in [1.82, 2.24) is 5.43 Å². The Morgan fingerprint density at radius 1 is 1.09 bits per heavy atom. The molecule has 3 rings (SSSR count). The van der Waals surface area contributed by atoms with Crippen LogP contribution in [0.2, 0.25) is 0 Å². The van der Waals surface area contributed by atoms with Crippen molar-refractivity contribution in [3.63, 3.8) is 0 Å². The number of rotatable bonds is 9. The number of carbonyl (C=O) groups excluding carboxylic acids is 1. The molecular weight excluding hydrogens is 478 g/mol. The molecule has 1 amide bonds. The van der Waals surface area contributed by atoms with Gasteiger partial charge in [0.1, 0.15) is 18.1 Å². The Morgan fingerprint density at radius 2 is 1.81 bits per heavy atom. The number of nitrogens with one attached hydrogen (secondary N) is 1. The Labute approximate surface area is 193 Å². The van der Waals surface area contributed by atoms with E-state index in [2.05, 4.69) is 26.5 Å². The summed E-state index contributed by atoms with van der Waals surface area (Å²) in [7, 11) is 0. The van der Waals surface area contributed by atoms with E-state index in [0.717, 1.165) is 11.1 Å². The summed E-state index contributed by atoms with van der Waals surface area (Å²) in [5.41, 5.74) is 4.56. The largest absolute Gasteiger partial charge is 0.494 e. The minimum absolute atomic E-state index is 0.0354. The van der Waals surface area contributed by atoms with Gasteiger partial charge >= 0.3 is 0 Å². The van der Waals surface area contributed by atoms with Crippen LogP contribution >= 0.6 is 15.9 Å². The lowest BCUT2D eigenvalue weighted by atomic mass is 10.2. The van der Waals surface area contributed by atoms with Gasteiger partial charge in [0, 0.05) is 17.7 Å². The first-order valence-electron chi connectivity index (χ1n) is 9.68. The van der Waals surface area contributed by atoms with Gasteiger partial charge in [0.25, 0.3) is 11.6 Å². The van der Waals surface area contributed by atoms with E-state index >= 15 is 0 Å². The highest BCUT2D eigenvalue weighted by Gasteiger charge is 2.07. The molecule has 32 heavy (non-hydrogen) atoms. The van der Waals surface area contributed by atoms with Gasteiger partial charge in [-0.25, -0.2) is 5.43 Å². The first kappa shape index (κ1) is 23.0. The van der Waals surface area contributed by atoms with Crippen molar-refractivity contribution in [2.24, 2.45) is 5.10 Å². The van der Waals surface area contributed by atoms with Crippen LogP contribution in [-0.4, -0.2) is 23.7 Å². The second-order valence-corrected chi connectivity index (χ2v) is 7.41. The zero-order valence-electron chi connectivity index (χ0n) is 17.2. The van der Waals surface area contributed by atoms with Gasteiger partial charge in [0.05, 0.1) is 22.2 Å². The molecule has 0 aliphatic carbocycles. The Hall–Kier alpha value is -3.72. The number of ether oxygens (including phenoxy) is 2. The van der Waals surface area contributed by atoms with Crippen molar-refractivity contribution >= 4 is 33.7 Å². The molecule has 8 nitrogen and oxygen atoms in total. The number of amides is 1. The average Bonchev–Trinajstić information content (AvgIpc) is 2.79. The third-order valence-corrected chi connectivity index (χ3v) is 4.92. The van der Waals surface area contributed by atoms with Gasteiger partial charge in [-0.05, 0) is 88.6 Å². The number of halogens is 1. The summed E-state index contributed by atoms with van der Waals surface area (Å²) in [6.07, 6.45) is 1.53. The molecule has 164 valence electrons. The van der Waals surface area contributed by atoms with Gasteiger partial charge in [0.15, 0.2) is 0 Å². The van der Waals surface area contributed by atoms with Gasteiger partial charge in [-0.2, -0.15) is 5.10 Å². The van der Waals surface area contributed by atoms with E-state index in [1.165, 1.54) is 18.3 Å². The van der Waals surface area contributed by atoms with Gasteiger partial charge < -0.3 is 9.47 Å². The highest BCUT2D eigenvalue weighted by molar-refractivity contribution is 9.10. The molecular formula is C23H20BrN3O5. The average molecular weight is 498 g/mol. The molecule has 9 heteroatoms. The van der Waals surface area contributed by atoms with Crippen LogP contribution in [0.1, 0.15) is 28.4 Å². The second kappa shape index (κ2) is 11.1. The van der Waals surface area contributed by atoms with E-state index in [9.17, 15) is 14.9 Å². The first-order chi connectivity index (χ1) is 15.5. The molecule has 1 N–H and O–H groups in total. The van der Waals surface area contributed by atoms with E-state index in [0.29, 0.717) is 28.1 Å². The van der Waals surface area contributed by atoms with Crippen LogP contribution in [0, 0.1) is 10.1 Å². The van der Waals surface area contributed by atoms with Gasteiger partial charge in [-0.1, -0.05) is 0 Å². The Kier molecular flexibility index (Phi) is 7.93. The maximum atomic E-state index is 12.2. The molecule has 3 aromatic carbocycles. The van der Waals surface area contributed by atoms with Crippen molar-refractivity contribution < 1.29 is 19.2 Å². The number of non-ortho nitro benzene ring substituents is 1. The predicted octanol–water partition coefficient (Wildman–Crippen LogP) is 5.10. The lowest BCUT2D eigenvalue weighted by Crippen LogP contribution is -2.17. The number of nitro groups is 1. The lowest BCUT2D eigenvalue weighted by Gasteiger charge is -2.09. The molecule has 0 saturated heterocycles. The monoisotopic (exact) mass is 497 g/mol. The number of carbonyl (C=O) groups is 1. The Bertz CT molecular complexity index is 1120. The molecule has 0 aliphatic rings. The van der Waals surface area contributed by atoms with Crippen LogP contribution in [0.15, 0.2) is 76.3 Å². The number of hydrazone groups is 1. The molecule has 0 aliphatic heterocycles. The normalized spacial score (nSPS) is 10.7. The van der Waals surface area contributed by atoms with Crippen molar-refractivity contribution in [2.75, 3.05) is 6.61 Å². The summed E-state index contributed by atoms with van der Waals surface area (Å²) in [5.74, 6) is 0.985. The van der Waals surface area contributed by atoms with Crippen LogP contribution in [0.3, 0.4) is 0 Å². The Morgan fingerprint density at radius 3 is 2.44 bits per heavy atom. The molecule has 3 aromatic rings. The van der Waals surface area contributed by atoms with Crippen molar-refractivity contribution in [3.05, 3.63) is 98.0 Å². The molecule has 0 fully saturated rings. The smallest absolute Gasteiger partial charge is 0.271 e. The standard InChI is InChI=1S/C23H20BrN3O5/c1-2-31-20-10-6-18(7-11-20)23(28)26-25-14-17-5-12-22(21(24)13-17)32-15-16-3-8-19(9-4-16)27(29)30/h3-14H,2,15H2,1H3,(H,26,28)/b25-14-. The van der Waals surface area contributed by atoms with Crippen molar-refractivity contribution in [3.8, 4) is 11.5 Å². The van der Waals surface area contributed by atoms with Crippen LogP contribution in [0.25, 0.3) is 0 Å². The number of hydrogen-bond acceptors (Lipinski definition) is 6. The fraction of sp³-hybridized carbons (Fsp3) is 0.130. The zero-order valence-corrected chi connectivity index (χ0v) is 18.7. The van der Waals surface area contributed by atoms with Crippen LogP contribution in [0.4, 0.5) is 5.69 Å². The van der Waals surface area contributed by atoms with Gasteiger partial charge in [-0.3, -0.25) is 14.9 Å². The van der Waals surface area contributed by atoms with E-state index in [1.54, 1.807) is 54.6 Å². The number of nitrogens with zero attached hydrogens (tertiary/aromatic N) is 2. The quantitative estimate of drug-likeness (QED) is 0.251. The topological polar surface area (TPSA) is 103 Å². The molecule has 0 saturated carbocycles. The van der Waals surface area contributed by atoms with Gasteiger partial charge in [-0.15, -0.1) is 0 Å². The molecule has 0 bridgehead atoms. The fourth-order valence-corrected chi connectivity index (χ4v) is 3.20. The molecule has 0 aromatic heterocycles. The Balaban J connectivity index is 1.54. The van der Waals surface area contributed by atoms with E-state index in [1.807, 2.05) is 6.92 Å². The fourth-order valence-electron chi connectivity index (χ4n) is 2.69. The summed E-state index contributed by atoms with van der Waals surface area (Å²) in [6.45, 7) is 2.72. The molecule has 0 unspecified atom stereocenters. The highest BCUT2D eigenvalue weighted by Crippen LogP contribution is 2.26. The van der Waals surface area contributed by atoms with Crippen molar-refractivity contribution in [1.29, 1.82) is 0 Å². The minimum atomic E-state index is -0.442. The van der Waals surface area contributed by atoms with Gasteiger partial charge in [0.2, 0.25) is 0 Å². The lowest BCUT2D eigenvalue weighted by molar-refractivity contribution is -0.384. The molecule has 0 spiro atoms. The van der Waals surface area contributed by atoms with Crippen LogP contribution in [-0.2, 0) is 6.61 Å². The summed E-state index contributed by atoms with van der Waals surface area (Å²) in [6, 6.07) is 18.4. The highest BCUT2D eigenvalue weighted by atomic mass is 79.9. The maximum Gasteiger partial charge on any atom is 0.271 e. The minimum Gasteiger partial charge on any atom is -0.494 e. The van der Waals surface area contributed by atoms with Crippen molar-refractivity contribution in [2.45, 2.75) is 13.5 Å². The summed E-state index contributed by atoms with van der Waals surface area (Å²) >= 11 is 3.45. The maximum absolute atomic E-state index is 12.2. The number of benzene rings is 3. The first-order valence-corrected chi connectivity index (χ1v) is 10.5. The van der Waals surface area contributed by atoms with E-state index < -0.39 is 4.92 Å². The third-order valence-electron chi connectivity index (χ3n) is 4.30. The summed E-state index contributed by atoms with van der Waals surface area (Å²) in [4.78, 5) is 22.4. The second-order valence-electron chi connectivity index (χ2n) is 6.56. The molecule has 0 radical (unpaired) electrons.